The molecule has 0 radical (unpaired) electrons. The number of amides is 1. The average Bonchev–Trinajstić information content (AvgIpc) is 2.70. The van der Waals surface area contributed by atoms with E-state index < -0.39 is 0 Å². The highest BCUT2D eigenvalue weighted by molar-refractivity contribution is 6.33. The van der Waals surface area contributed by atoms with E-state index in [1.54, 1.807) is 17.0 Å². The van der Waals surface area contributed by atoms with Gasteiger partial charge >= 0.3 is 0 Å². The molecule has 29 heavy (non-hydrogen) atoms. The van der Waals surface area contributed by atoms with Crippen LogP contribution in [0.15, 0.2) is 48.2 Å². The summed E-state index contributed by atoms with van der Waals surface area (Å²) < 4.78 is 13.1. The van der Waals surface area contributed by atoms with Gasteiger partial charge in [-0.15, -0.1) is 0 Å². The summed E-state index contributed by atoms with van der Waals surface area (Å²) in [6.07, 6.45) is 1.41. The highest BCUT2D eigenvalue weighted by Gasteiger charge is 2.24. The minimum atomic E-state index is -0.320. The normalized spacial score (nSPS) is 14.5. The second-order valence-corrected chi connectivity index (χ2v) is 7.42. The van der Waals surface area contributed by atoms with Crippen LogP contribution in [0.3, 0.4) is 0 Å². The lowest BCUT2D eigenvalue weighted by Crippen LogP contribution is -2.49. The Morgan fingerprint density at radius 1 is 1.17 bits per heavy atom. The van der Waals surface area contributed by atoms with Crippen LogP contribution in [-0.4, -0.2) is 37.0 Å². The van der Waals surface area contributed by atoms with Gasteiger partial charge in [0.15, 0.2) is 0 Å². The SMILES string of the molecule is Cc1cc(C)c(N/C=C(/C#N)C(=O)N2CCN(c3ccc(F)cc3)CC2)c(Cl)c1. The zero-order valence-electron chi connectivity index (χ0n) is 16.4. The molecule has 1 aliphatic heterocycles. The van der Waals surface area contributed by atoms with Crippen molar-refractivity contribution in [2.24, 2.45) is 0 Å². The largest absolute Gasteiger partial charge is 0.368 e. The van der Waals surface area contributed by atoms with E-state index in [9.17, 15) is 14.4 Å². The first kappa shape index (κ1) is 20.7. The molecule has 0 aromatic heterocycles. The lowest BCUT2D eigenvalue weighted by Gasteiger charge is -2.36. The van der Waals surface area contributed by atoms with E-state index in [1.807, 2.05) is 32.0 Å². The molecule has 7 heteroatoms. The molecule has 1 N–H and O–H groups in total. The number of nitriles is 1. The van der Waals surface area contributed by atoms with Crippen molar-refractivity contribution in [3.8, 4) is 6.07 Å². The Morgan fingerprint density at radius 3 is 2.41 bits per heavy atom. The Morgan fingerprint density at radius 2 is 1.83 bits per heavy atom. The summed E-state index contributed by atoms with van der Waals surface area (Å²) in [7, 11) is 0. The second-order valence-electron chi connectivity index (χ2n) is 7.01. The van der Waals surface area contributed by atoms with Crippen LogP contribution in [0.1, 0.15) is 11.1 Å². The summed E-state index contributed by atoms with van der Waals surface area (Å²) in [5.74, 6) is -0.595. The summed E-state index contributed by atoms with van der Waals surface area (Å²) in [4.78, 5) is 16.5. The number of halogens is 2. The number of hydrogen-bond donors (Lipinski definition) is 1. The van der Waals surface area contributed by atoms with Crippen molar-refractivity contribution in [1.29, 1.82) is 5.26 Å². The monoisotopic (exact) mass is 412 g/mol. The highest BCUT2D eigenvalue weighted by Crippen LogP contribution is 2.27. The smallest absolute Gasteiger partial charge is 0.266 e. The maximum absolute atomic E-state index is 13.1. The molecule has 1 aliphatic rings. The van der Waals surface area contributed by atoms with Crippen molar-refractivity contribution in [2.45, 2.75) is 13.8 Å². The van der Waals surface area contributed by atoms with E-state index >= 15 is 0 Å². The second kappa shape index (κ2) is 8.97. The van der Waals surface area contributed by atoms with Gasteiger partial charge in [0, 0.05) is 38.1 Å². The molecule has 3 rings (SSSR count). The molecular formula is C22H22ClFN4O. The van der Waals surface area contributed by atoms with Gasteiger partial charge in [-0.1, -0.05) is 17.7 Å². The summed E-state index contributed by atoms with van der Waals surface area (Å²) in [6, 6.07) is 12.1. The fourth-order valence-corrected chi connectivity index (χ4v) is 3.75. The Hall–Kier alpha value is -3.04. The van der Waals surface area contributed by atoms with E-state index in [0.717, 1.165) is 16.8 Å². The van der Waals surface area contributed by atoms with Crippen molar-refractivity contribution in [3.63, 3.8) is 0 Å². The van der Waals surface area contributed by atoms with E-state index in [0.29, 0.717) is 36.9 Å². The number of benzene rings is 2. The third-order valence-electron chi connectivity index (χ3n) is 4.90. The van der Waals surface area contributed by atoms with Crippen LogP contribution in [0.25, 0.3) is 0 Å². The summed E-state index contributed by atoms with van der Waals surface area (Å²) in [5.41, 5.74) is 3.59. The van der Waals surface area contributed by atoms with Gasteiger partial charge in [-0.3, -0.25) is 4.79 Å². The minimum Gasteiger partial charge on any atom is -0.368 e. The fraction of sp³-hybridized carbons (Fsp3) is 0.273. The molecule has 1 fully saturated rings. The minimum absolute atomic E-state index is 0.0243. The first-order valence-electron chi connectivity index (χ1n) is 9.32. The highest BCUT2D eigenvalue weighted by atomic mass is 35.5. The van der Waals surface area contributed by atoms with Crippen LogP contribution in [0.4, 0.5) is 15.8 Å². The number of nitrogens with one attached hydrogen (secondary N) is 1. The number of rotatable bonds is 4. The van der Waals surface area contributed by atoms with Crippen LogP contribution < -0.4 is 10.2 Å². The Labute approximate surface area is 175 Å². The van der Waals surface area contributed by atoms with Gasteiger partial charge in [-0.05, 0) is 55.3 Å². The Balaban J connectivity index is 1.65. The maximum atomic E-state index is 13.1. The molecule has 0 aliphatic carbocycles. The van der Waals surface area contributed by atoms with Gasteiger partial charge in [0.25, 0.3) is 5.91 Å². The van der Waals surface area contributed by atoms with Gasteiger partial charge in [0.2, 0.25) is 0 Å². The quantitative estimate of drug-likeness (QED) is 0.602. The molecule has 2 aromatic rings. The van der Waals surface area contributed by atoms with E-state index in [-0.39, 0.29) is 17.3 Å². The number of hydrogen-bond acceptors (Lipinski definition) is 4. The molecule has 1 amide bonds. The third kappa shape index (κ3) is 4.87. The summed E-state index contributed by atoms with van der Waals surface area (Å²) in [6.45, 7) is 6.07. The zero-order chi connectivity index (χ0) is 21.0. The Bertz CT molecular complexity index is 950. The van der Waals surface area contributed by atoms with Crippen LogP contribution in [0, 0.1) is 31.0 Å². The molecular weight excluding hydrogens is 391 g/mol. The van der Waals surface area contributed by atoms with Crippen molar-refractivity contribution in [1.82, 2.24) is 4.90 Å². The van der Waals surface area contributed by atoms with Gasteiger partial charge in [0.1, 0.15) is 17.5 Å². The maximum Gasteiger partial charge on any atom is 0.266 e. The lowest BCUT2D eigenvalue weighted by atomic mass is 10.1. The van der Waals surface area contributed by atoms with Crippen molar-refractivity contribution < 1.29 is 9.18 Å². The van der Waals surface area contributed by atoms with Gasteiger partial charge in [-0.25, -0.2) is 4.39 Å². The average molecular weight is 413 g/mol. The molecule has 1 saturated heterocycles. The van der Waals surface area contributed by atoms with Gasteiger partial charge in [0.05, 0.1) is 10.7 Å². The standard InChI is InChI=1S/C22H22ClFN4O/c1-15-11-16(2)21(20(23)12-15)26-14-17(13-25)22(29)28-9-7-27(8-10-28)19-5-3-18(24)4-6-19/h3-6,11-12,14,26H,7-10H2,1-2H3/b17-14-. The number of carbonyl (C=O) groups excluding carboxylic acids is 1. The zero-order valence-corrected chi connectivity index (χ0v) is 17.1. The van der Waals surface area contributed by atoms with E-state index in [2.05, 4.69) is 10.2 Å². The predicted octanol–water partition coefficient (Wildman–Crippen LogP) is 4.26. The first-order valence-corrected chi connectivity index (χ1v) is 9.70. The molecule has 5 nitrogen and oxygen atoms in total. The Kier molecular flexibility index (Phi) is 6.40. The summed E-state index contributed by atoms with van der Waals surface area (Å²) >= 11 is 6.27. The van der Waals surface area contributed by atoms with Crippen LogP contribution in [0.5, 0.6) is 0 Å². The van der Waals surface area contributed by atoms with Crippen LogP contribution in [0.2, 0.25) is 5.02 Å². The summed E-state index contributed by atoms with van der Waals surface area (Å²) in [5, 5.41) is 13.0. The number of piperazine rings is 1. The molecule has 2 aromatic carbocycles. The lowest BCUT2D eigenvalue weighted by molar-refractivity contribution is -0.127. The van der Waals surface area contributed by atoms with Crippen LogP contribution in [-0.2, 0) is 4.79 Å². The van der Waals surface area contributed by atoms with Crippen LogP contribution >= 0.6 is 11.6 Å². The van der Waals surface area contributed by atoms with E-state index in [1.165, 1.54) is 18.3 Å². The molecule has 0 spiro atoms. The van der Waals surface area contributed by atoms with E-state index in [4.69, 9.17) is 11.6 Å². The number of aryl methyl sites for hydroxylation is 2. The first-order chi connectivity index (χ1) is 13.9. The molecule has 0 bridgehead atoms. The molecule has 0 atom stereocenters. The van der Waals surface area contributed by atoms with Crippen molar-refractivity contribution in [2.75, 3.05) is 36.4 Å². The van der Waals surface area contributed by atoms with Crippen molar-refractivity contribution in [3.05, 3.63) is 70.1 Å². The molecule has 0 saturated carbocycles. The fourth-order valence-electron chi connectivity index (χ4n) is 3.37. The third-order valence-corrected chi connectivity index (χ3v) is 5.20. The predicted molar refractivity (Wildman–Crippen MR) is 113 cm³/mol. The molecule has 1 heterocycles. The number of anilines is 2. The number of nitrogens with zero attached hydrogens (tertiary/aromatic N) is 3. The molecule has 0 unspecified atom stereocenters. The topological polar surface area (TPSA) is 59.4 Å². The number of carbonyl (C=O) groups is 1. The molecule has 150 valence electrons. The van der Waals surface area contributed by atoms with Gasteiger partial charge in [-0.2, -0.15) is 5.26 Å². The van der Waals surface area contributed by atoms with Gasteiger partial charge < -0.3 is 15.1 Å². The van der Waals surface area contributed by atoms with Crippen molar-refractivity contribution >= 4 is 28.9 Å².